The molecule has 0 atom stereocenters. The largest absolute Gasteiger partial charge is 0.449 e. The minimum Gasteiger partial charge on any atom is -0.383 e. The third kappa shape index (κ3) is 5.00. The Morgan fingerprint density at radius 3 is 2.35 bits per heavy atom. The number of imidazole rings is 1. The molecular weight excluding hydrogens is 453 g/mol. The van der Waals surface area contributed by atoms with Gasteiger partial charge in [0.1, 0.15) is 12.4 Å². The Labute approximate surface area is 193 Å². The second-order valence-corrected chi connectivity index (χ2v) is 8.90. The summed E-state index contributed by atoms with van der Waals surface area (Å²) in [6.07, 6.45) is -4.80. The zero-order chi connectivity index (χ0) is 25.4. The van der Waals surface area contributed by atoms with Crippen LogP contribution in [-0.2, 0) is 24.1 Å². The number of carbonyl (C=O) groups excluding carboxylic acids is 1. The van der Waals surface area contributed by atoms with Gasteiger partial charge in [-0.15, -0.1) is 0 Å². The highest BCUT2D eigenvalue weighted by molar-refractivity contribution is 5.96. The Kier molecular flexibility index (Phi) is 6.89. The molecular formula is C22H27F3N6O3. The predicted molar refractivity (Wildman–Crippen MR) is 122 cm³/mol. The van der Waals surface area contributed by atoms with E-state index in [9.17, 15) is 27.6 Å². The average molecular weight is 480 g/mol. The molecule has 0 saturated heterocycles. The molecule has 2 heterocycles. The van der Waals surface area contributed by atoms with Gasteiger partial charge in [-0.1, -0.05) is 39.8 Å². The molecule has 0 radical (unpaired) electrons. The van der Waals surface area contributed by atoms with Crippen LogP contribution in [0, 0.1) is 11.8 Å². The molecule has 1 amide bonds. The number of aromatic amines is 1. The molecule has 3 N–H and O–H groups in total. The van der Waals surface area contributed by atoms with Crippen LogP contribution in [0.2, 0.25) is 0 Å². The highest BCUT2D eigenvalue weighted by Gasteiger charge is 2.38. The van der Waals surface area contributed by atoms with Crippen molar-refractivity contribution >= 4 is 28.4 Å². The quantitative estimate of drug-likeness (QED) is 0.539. The normalized spacial score (nSPS) is 12.1. The second kappa shape index (κ2) is 9.35. The van der Waals surface area contributed by atoms with Gasteiger partial charge in [-0.3, -0.25) is 19.1 Å². The van der Waals surface area contributed by atoms with Crippen LogP contribution >= 0.6 is 0 Å². The number of anilines is 2. The van der Waals surface area contributed by atoms with E-state index >= 15 is 0 Å². The Morgan fingerprint density at radius 2 is 1.76 bits per heavy atom. The molecule has 12 heteroatoms. The molecule has 0 aliphatic carbocycles. The summed E-state index contributed by atoms with van der Waals surface area (Å²) < 4.78 is 43.0. The number of alkyl halides is 3. The van der Waals surface area contributed by atoms with Crippen LogP contribution in [0.4, 0.5) is 24.7 Å². The van der Waals surface area contributed by atoms with E-state index in [2.05, 4.69) is 9.97 Å². The van der Waals surface area contributed by atoms with Crippen molar-refractivity contribution in [3.63, 3.8) is 0 Å². The van der Waals surface area contributed by atoms with Crippen molar-refractivity contribution in [2.45, 2.75) is 47.0 Å². The molecule has 1 aromatic carbocycles. The Hall–Kier alpha value is -3.57. The van der Waals surface area contributed by atoms with Crippen LogP contribution in [0.1, 0.15) is 33.5 Å². The lowest BCUT2D eigenvalue weighted by Gasteiger charge is -2.27. The third-order valence-corrected chi connectivity index (χ3v) is 5.08. The molecule has 0 spiro atoms. The van der Waals surface area contributed by atoms with E-state index in [0.29, 0.717) is 0 Å². The molecule has 34 heavy (non-hydrogen) atoms. The molecule has 0 fully saturated rings. The van der Waals surface area contributed by atoms with Gasteiger partial charge in [0.15, 0.2) is 5.69 Å². The molecule has 9 nitrogen and oxygen atoms in total. The van der Waals surface area contributed by atoms with Crippen LogP contribution in [0.5, 0.6) is 0 Å². The summed E-state index contributed by atoms with van der Waals surface area (Å²) in [5, 5.41) is 0. The van der Waals surface area contributed by atoms with E-state index in [1.165, 1.54) is 12.1 Å². The number of nitrogens with zero attached hydrogens (tertiary/aromatic N) is 4. The number of hydrogen-bond donors (Lipinski definition) is 2. The van der Waals surface area contributed by atoms with Crippen LogP contribution in [0.3, 0.4) is 0 Å². The Bertz CT molecular complexity index is 1320. The van der Waals surface area contributed by atoms with E-state index in [4.69, 9.17) is 5.73 Å². The van der Waals surface area contributed by atoms with Crippen LogP contribution < -0.4 is 21.9 Å². The number of carbonyl (C=O) groups is 1. The maximum atomic E-state index is 13.7. The zero-order valence-corrected chi connectivity index (χ0v) is 19.3. The maximum absolute atomic E-state index is 13.7. The fraction of sp³-hybridized carbons (Fsp3) is 0.455. The average Bonchev–Trinajstić information content (AvgIpc) is 3.09. The standard InChI is InChI=1S/C22H27F3N6O3/c1-12(2)9-30(17-18(26)31(10-13(3)4)21(34)28-19(17)33)16(32)11-29-15-8-6-5-7-14(15)27-20(29)22(23,24)25/h5-8,12-13H,9-11,26H2,1-4H3,(H,28,33,34). The highest BCUT2D eigenvalue weighted by Crippen LogP contribution is 2.32. The van der Waals surface area contributed by atoms with E-state index in [0.717, 1.165) is 14.0 Å². The van der Waals surface area contributed by atoms with Crippen molar-refractivity contribution in [1.82, 2.24) is 19.1 Å². The first-order valence-electron chi connectivity index (χ1n) is 10.8. The summed E-state index contributed by atoms with van der Waals surface area (Å²) in [7, 11) is 0. The fourth-order valence-corrected chi connectivity index (χ4v) is 3.74. The van der Waals surface area contributed by atoms with Gasteiger partial charge in [0.2, 0.25) is 11.7 Å². The number of amides is 1. The van der Waals surface area contributed by atoms with Gasteiger partial charge in [0.25, 0.3) is 5.56 Å². The van der Waals surface area contributed by atoms with Gasteiger partial charge >= 0.3 is 11.9 Å². The molecule has 2 aromatic heterocycles. The van der Waals surface area contributed by atoms with Gasteiger partial charge in [-0.25, -0.2) is 9.78 Å². The molecule has 0 saturated carbocycles. The number of para-hydroxylation sites is 2. The number of nitrogens with two attached hydrogens (primary N) is 1. The maximum Gasteiger partial charge on any atom is 0.449 e. The minimum absolute atomic E-state index is 0.0000232. The molecule has 0 aliphatic rings. The minimum atomic E-state index is -4.80. The van der Waals surface area contributed by atoms with Crippen molar-refractivity contribution < 1.29 is 18.0 Å². The number of aromatic nitrogens is 4. The van der Waals surface area contributed by atoms with Gasteiger partial charge in [-0.2, -0.15) is 13.2 Å². The zero-order valence-electron chi connectivity index (χ0n) is 19.3. The lowest BCUT2D eigenvalue weighted by molar-refractivity contribution is -0.147. The van der Waals surface area contributed by atoms with E-state index in [-0.39, 0.29) is 47.5 Å². The second-order valence-electron chi connectivity index (χ2n) is 8.90. The van der Waals surface area contributed by atoms with Gasteiger partial charge in [-0.05, 0) is 24.0 Å². The SMILES string of the molecule is CC(C)CN(C(=O)Cn1c(C(F)(F)F)nc2ccccc21)c1c(N)n(CC(C)C)c(=O)[nH]c1=O. The van der Waals surface area contributed by atoms with Crippen LogP contribution in [-0.4, -0.2) is 31.6 Å². The molecule has 0 aliphatic heterocycles. The molecule has 3 rings (SSSR count). The van der Waals surface area contributed by atoms with E-state index < -0.39 is 35.7 Å². The summed E-state index contributed by atoms with van der Waals surface area (Å²) in [6, 6.07) is 5.94. The van der Waals surface area contributed by atoms with Crippen molar-refractivity contribution in [2.24, 2.45) is 11.8 Å². The Balaban J connectivity index is 2.14. The van der Waals surface area contributed by atoms with Crippen LogP contribution in [0.25, 0.3) is 11.0 Å². The number of hydrogen-bond acceptors (Lipinski definition) is 5. The lowest BCUT2D eigenvalue weighted by Crippen LogP contribution is -2.44. The first-order chi connectivity index (χ1) is 15.8. The third-order valence-electron chi connectivity index (χ3n) is 5.08. The number of nitrogen functional groups attached to an aromatic ring is 1. The number of fused-ring (bicyclic) bond motifs is 1. The first-order valence-corrected chi connectivity index (χ1v) is 10.8. The fourth-order valence-electron chi connectivity index (χ4n) is 3.74. The van der Waals surface area contributed by atoms with Gasteiger partial charge < -0.3 is 15.2 Å². The highest BCUT2D eigenvalue weighted by atomic mass is 19.4. The number of halogens is 3. The summed E-state index contributed by atoms with van der Waals surface area (Å²) in [6.45, 7) is 6.70. The summed E-state index contributed by atoms with van der Waals surface area (Å²) >= 11 is 0. The number of H-pyrrole nitrogens is 1. The van der Waals surface area contributed by atoms with E-state index in [1.54, 1.807) is 26.0 Å². The molecule has 3 aromatic rings. The topological polar surface area (TPSA) is 119 Å². The molecule has 184 valence electrons. The summed E-state index contributed by atoms with van der Waals surface area (Å²) in [5.41, 5.74) is 4.49. The molecule has 0 unspecified atom stereocenters. The van der Waals surface area contributed by atoms with Crippen molar-refractivity contribution in [3.8, 4) is 0 Å². The van der Waals surface area contributed by atoms with Crippen molar-refractivity contribution in [2.75, 3.05) is 17.2 Å². The lowest BCUT2D eigenvalue weighted by atomic mass is 10.2. The smallest absolute Gasteiger partial charge is 0.383 e. The number of rotatable bonds is 7. The first kappa shape index (κ1) is 25.1. The van der Waals surface area contributed by atoms with Gasteiger partial charge in [0.05, 0.1) is 11.0 Å². The van der Waals surface area contributed by atoms with Crippen molar-refractivity contribution in [3.05, 3.63) is 50.9 Å². The van der Waals surface area contributed by atoms with E-state index in [1.807, 2.05) is 13.8 Å². The number of benzene rings is 1. The summed E-state index contributed by atoms with van der Waals surface area (Å²) in [4.78, 5) is 45.3. The Morgan fingerprint density at radius 1 is 1.12 bits per heavy atom. The monoisotopic (exact) mass is 480 g/mol. The van der Waals surface area contributed by atoms with Crippen LogP contribution in [0.15, 0.2) is 33.9 Å². The molecule has 0 bridgehead atoms. The summed E-state index contributed by atoms with van der Waals surface area (Å²) in [5.74, 6) is -2.40. The number of nitrogens with one attached hydrogen (secondary N) is 1. The van der Waals surface area contributed by atoms with Crippen molar-refractivity contribution in [1.29, 1.82) is 0 Å². The van der Waals surface area contributed by atoms with Gasteiger partial charge in [0, 0.05) is 13.1 Å². The predicted octanol–water partition coefficient (Wildman–Crippen LogP) is 2.83.